The van der Waals surface area contributed by atoms with Crippen LogP contribution in [0.2, 0.25) is 5.02 Å². The number of hydrogen-bond donors (Lipinski definition) is 1. The molecule has 1 aromatic carbocycles. The molecule has 1 aromatic rings. The van der Waals surface area contributed by atoms with E-state index in [-0.39, 0.29) is 16.5 Å². The molecule has 0 amide bonds. The molecule has 0 spiro atoms. The molecule has 0 saturated heterocycles. The highest BCUT2D eigenvalue weighted by Crippen LogP contribution is 2.49. The van der Waals surface area contributed by atoms with Crippen LogP contribution in [0.1, 0.15) is 64.7 Å². The van der Waals surface area contributed by atoms with Crippen molar-refractivity contribution in [3.63, 3.8) is 0 Å². The van der Waals surface area contributed by atoms with Gasteiger partial charge in [0.15, 0.2) is 0 Å². The van der Waals surface area contributed by atoms with E-state index in [1.165, 1.54) is 56.4 Å². The van der Waals surface area contributed by atoms with Crippen LogP contribution in [0.5, 0.6) is 5.75 Å². The van der Waals surface area contributed by atoms with E-state index in [9.17, 15) is 14.3 Å². The first-order valence-corrected chi connectivity index (χ1v) is 12.1. The van der Waals surface area contributed by atoms with Crippen LogP contribution in [0.4, 0.5) is 4.39 Å². The van der Waals surface area contributed by atoms with Crippen molar-refractivity contribution in [1.82, 2.24) is 0 Å². The Morgan fingerprint density at radius 3 is 2.62 bits per heavy atom. The average Bonchev–Trinajstić information content (AvgIpc) is 3.11. The number of thioether (sulfide) groups is 1. The number of benzene rings is 1. The van der Waals surface area contributed by atoms with Crippen LogP contribution in [-0.4, -0.2) is 22.9 Å². The fourth-order valence-electron chi connectivity index (χ4n) is 5.84. The maximum absolute atomic E-state index is 14.8. The second kappa shape index (κ2) is 8.66. The summed E-state index contributed by atoms with van der Waals surface area (Å²) in [4.78, 5) is 11.8. The lowest BCUT2D eigenvalue weighted by Gasteiger charge is -2.45. The summed E-state index contributed by atoms with van der Waals surface area (Å²) in [5.41, 5.74) is 0.125. The Bertz CT molecular complexity index is 759. The van der Waals surface area contributed by atoms with Crippen molar-refractivity contribution in [1.29, 1.82) is 0 Å². The molecule has 0 aromatic heterocycles. The summed E-state index contributed by atoms with van der Waals surface area (Å²) < 4.78 is 20.8. The van der Waals surface area contributed by atoms with E-state index >= 15 is 0 Å². The Morgan fingerprint density at radius 1 is 1.24 bits per heavy atom. The Balaban J connectivity index is 1.41. The second-order valence-electron chi connectivity index (χ2n) is 9.65. The molecule has 4 rings (SSSR count). The summed E-state index contributed by atoms with van der Waals surface area (Å²) in [6.07, 6.45) is 10.0. The van der Waals surface area contributed by atoms with Crippen LogP contribution >= 0.6 is 23.4 Å². The lowest BCUT2D eigenvalue weighted by atomic mass is 9.62. The molecule has 3 aliphatic rings. The minimum atomic E-state index is -0.794. The molecule has 1 N–H and O–H groups in total. The van der Waals surface area contributed by atoms with Gasteiger partial charge in [-0.3, -0.25) is 4.79 Å². The third-order valence-electron chi connectivity index (χ3n) is 7.07. The number of carboxylic acid groups (broad SMARTS) is 1. The van der Waals surface area contributed by atoms with Gasteiger partial charge < -0.3 is 9.84 Å². The summed E-state index contributed by atoms with van der Waals surface area (Å²) in [7, 11) is 0. The maximum Gasteiger partial charge on any atom is 0.307 e. The minimum Gasteiger partial charge on any atom is -0.491 e. The van der Waals surface area contributed by atoms with Crippen LogP contribution in [0.25, 0.3) is 0 Å². The summed E-state index contributed by atoms with van der Waals surface area (Å²) in [5.74, 6) is 0.408. The number of aliphatic carboxylic acids is 1. The van der Waals surface area contributed by atoms with Gasteiger partial charge in [0.05, 0.1) is 17.5 Å². The van der Waals surface area contributed by atoms with Gasteiger partial charge in [-0.25, -0.2) is 4.39 Å². The first-order valence-electron chi connectivity index (χ1n) is 10.8. The maximum atomic E-state index is 14.8. The van der Waals surface area contributed by atoms with Crippen molar-refractivity contribution < 1.29 is 19.0 Å². The Labute approximate surface area is 181 Å². The van der Waals surface area contributed by atoms with E-state index < -0.39 is 11.9 Å². The molecule has 0 heterocycles. The number of fused-ring (bicyclic) bond motifs is 2. The van der Waals surface area contributed by atoms with E-state index in [2.05, 4.69) is 6.92 Å². The van der Waals surface area contributed by atoms with Gasteiger partial charge in [-0.05, 0) is 50.0 Å². The van der Waals surface area contributed by atoms with Gasteiger partial charge in [-0.15, -0.1) is 11.8 Å². The molecule has 6 heteroatoms. The zero-order chi connectivity index (χ0) is 20.6. The number of ether oxygens (including phenoxy) is 1. The summed E-state index contributed by atoms with van der Waals surface area (Å²) in [6, 6.07) is 2.98. The molecule has 3 fully saturated rings. The second-order valence-corrected chi connectivity index (χ2v) is 11.3. The highest BCUT2D eigenvalue weighted by molar-refractivity contribution is 8.00. The Kier molecular flexibility index (Phi) is 6.36. The largest absolute Gasteiger partial charge is 0.491 e. The fraction of sp³-hybridized carbons (Fsp3) is 0.696. The van der Waals surface area contributed by atoms with Gasteiger partial charge >= 0.3 is 5.97 Å². The van der Waals surface area contributed by atoms with Crippen LogP contribution in [0.3, 0.4) is 0 Å². The predicted octanol–water partition coefficient (Wildman–Crippen LogP) is 6.81. The number of rotatable bonds is 6. The molecule has 5 atom stereocenters. The zero-order valence-corrected chi connectivity index (χ0v) is 18.5. The van der Waals surface area contributed by atoms with Crippen molar-refractivity contribution in [3.8, 4) is 5.75 Å². The number of carboxylic acids is 1. The van der Waals surface area contributed by atoms with E-state index in [0.717, 1.165) is 24.7 Å². The molecule has 2 bridgehead atoms. The molecule has 0 radical (unpaired) electrons. The van der Waals surface area contributed by atoms with Crippen molar-refractivity contribution in [3.05, 3.63) is 23.0 Å². The Morgan fingerprint density at radius 2 is 1.93 bits per heavy atom. The topological polar surface area (TPSA) is 46.5 Å². The minimum absolute atomic E-state index is 0.106. The lowest BCUT2D eigenvalue weighted by Crippen LogP contribution is -2.37. The lowest BCUT2D eigenvalue weighted by molar-refractivity contribution is -0.141. The number of hydrogen-bond acceptors (Lipinski definition) is 3. The number of halogens is 2. The molecule has 3 nitrogen and oxygen atoms in total. The molecule has 160 valence electrons. The predicted molar refractivity (Wildman–Crippen MR) is 114 cm³/mol. The monoisotopic (exact) mass is 440 g/mol. The molecule has 3 aliphatic carbocycles. The normalized spacial score (nSPS) is 34.2. The SMILES string of the molecule is CC1(COc2cc(F)c(SC3CCCC3C(=O)O)cc2Cl)C[C@@H]2CCC[C@@H](C2)C1. The Hall–Kier alpha value is -0.940. The van der Waals surface area contributed by atoms with Gasteiger partial charge in [0.2, 0.25) is 0 Å². The molecular weight excluding hydrogens is 411 g/mol. The van der Waals surface area contributed by atoms with Gasteiger partial charge in [0, 0.05) is 21.6 Å². The van der Waals surface area contributed by atoms with E-state index in [4.69, 9.17) is 16.3 Å². The highest BCUT2D eigenvalue weighted by atomic mass is 35.5. The first kappa shape index (κ1) is 21.3. The van der Waals surface area contributed by atoms with Crippen LogP contribution in [-0.2, 0) is 4.79 Å². The van der Waals surface area contributed by atoms with E-state index in [0.29, 0.717) is 28.7 Å². The highest BCUT2D eigenvalue weighted by Gasteiger charge is 2.40. The molecule has 3 unspecified atom stereocenters. The molecular formula is C23H30ClFO3S. The van der Waals surface area contributed by atoms with Gasteiger partial charge in [-0.2, -0.15) is 0 Å². The standard InChI is InChI=1S/C23H30ClFO3S/c1-23(11-14-4-2-5-15(8-14)12-23)13-28-19-10-18(25)21(9-17(19)24)29-20-7-3-6-16(20)22(26)27/h9-10,14-16,20H,2-8,11-13H2,1H3,(H,26,27)/t14-,15+,16?,20?,23?. The van der Waals surface area contributed by atoms with Crippen LogP contribution in [0.15, 0.2) is 17.0 Å². The third-order valence-corrected chi connectivity index (χ3v) is 8.79. The number of carbonyl (C=O) groups is 1. The summed E-state index contributed by atoms with van der Waals surface area (Å²) in [6.45, 7) is 2.85. The first-order chi connectivity index (χ1) is 13.8. The van der Waals surface area contributed by atoms with Gasteiger partial charge in [0.1, 0.15) is 11.6 Å². The quantitative estimate of drug-likeness (QED) is 0.527. The average molecular weight is 441 g/mol. The van der Waals surface area contributed by atoms with Gasteiger partial charge in [0.25, 0.3) is 0 Å². The van der Waals surface area contributed by atoms with Crippen molar-refractivity contribution in [2.24, 2.45) is 23.2 Å². The summed E-state index contributed by atoms with van der Waals surface area (Å²) in [5, 5.41) is 9.65. The zero-order valence-electron chi connectivity index (χ0n) is 17.0. The van der Waals surface area contributed by atoms with Crippen LogP contribution < -0.4 is 4.74 Å². The fourth-order valence-corrected chi connectivity index (χ4v) is 7.51. The summed E-state index contributed by atoms with van der Waals surface area (Å²) >= 11 is 7.72. The van der Waals surface area contributed by atoms with Gasteiger partial charge in [-0.1, -0.05) is 44.2 Å². The van der Waals surface area contributed by atoms with Crippen molar-refractivity contribution >= 4 is 29.3 Å². The van der Waals surface area contributed by atoms with Crippen molar-refractivity contribution in [2.45, 2.75) is 74.9 Å². The molecule has 29 heavy (non-hydrogen) atoms. The third kappa shape index (κ3) is 4.87. The van der Waals surface area contributed by atoms with E-state index in [1.54, 1.807) is 6.07 Å². The smallest absolute Gasteiger partial charge is 0.307 e. The van der Waals surface area contributed by atoms with Crippen LogP contribution in [0, 0.1) is 29.0 Å². The van der Waals surface area contributed by atoms with Crippen molar-refractivity contribution in [2.75, 3.05) is 6.61 Å². The molecule has 0 aliphatic heterocycles. The van der Waals surface area contributed by atoms with E-state index in [1.807, 2.05) is 0 Å². The molecule has 3 saturated carbocycles.